The number of Topliss-reactive ketones (excluding diaryl/α,β-unsaturated/α-hetero) is 1. The molecule has 0 radical (unpaired) electrons. The maximum Gasteiger partial charge on any atom is 0.171 e. The van der Waals surface area contributed by atoms with Crippen molar-refractivity contribution < 1.29 is 9.90 Å². The van der Waals surface area contributed by atoms with Crippen LogP contribution in [0.1, 0.15) is 19.7 Å². The van der Waals surface area contributed by atoms with Gasteiger partial charge < -0.3 is 9.67 Å². The third-order valence-electron chi connectivity index (χ3n) is 2.88. The first-order valence-corrected chi connectivity index (χ1v) is 5.55. The highest BCUT2D eigenvalue weighted by Gasteiger charge is 2.25. The molecule has 1 aromatic carbocycles. The van der Waals surface area contributed by atoms with Gasteiger partial charge in [0.15, 0.2) is 5.78 Å². The summed E-state index contributed by atoms with van der Waals surface area (Å²) in [7, 11) is 1.88. The lowest BCUT2D eigenvalue weighted by molar-refractivity contribution is -0.133. The van der Waals surface area contributed by atoms with Crippen molar-refractivity contribution in [2.45, 2.75) is 25.9 Å². The van der Waals surface area contributed by atoms with Gasteiger partial charge in [-0.25, -0.2) is 4.98 Å². The van der Waals surface area contributed by atoms with Crippen molar-refractivity contribution >= 4 is 16.8 Å². The van der Waals surface area contributed by atoms with E-state index in [4.69, 9.17) is 0 Å². The second kappa shape index (κ2) is 3.96. The van der Waals surface area contributed by atoms with Gasteiger partial charge in [0.25, 0.3) is 0 Å². The third kappa shape index (κ3) is 2.22. The number of carbonyl (C=O) groups excluding carboxylic acids is 1. The number of ketones is 1. The van der Waals surface area contributed by atoms with Gasteiger partial charge in [0.1, 0.15) is 11.4 Å². The fourth-order valence-electron chi connectivity index (χ4n) is 1.71. The lowest BCUT2D eigenvalue weighted by Gasteiger charge is -2.14. The normalized spacial score (nSPS) is 12.0. The fraction of sp³-hybridized carbons (Fsp3) is 0.385. The van der Waals surface area contributed by atoms with E-state index in [0.29, 0.717) is 5.82 Å². The monoisotopic (exact) mass is 232 g/mol. The number of benzene rings is 1. The maximum absolute atomic E-state index is 11.8. The molecular weight excluding hydrogens is 216 g/mol. The van der Waals surface area contributed by atoms with Crippen LogP contribution in [0.5, 0.6) is 0 Å². The Morgan fingerprint density at radius 1 is 1.41 bits per heavy atom. The molecule has 0 bridgehead atoms. The van der Waals surface area contributed by atoms with E-state index in [0.717, 1.165) is 11.0 Å². The number of para-hydroxylation sites is 2. The second-order valence-electron chi connectivity index (χ2n) is 4.73. The molecule has 1 heterocycles. The smallest absolute Gasteiger partial charge is 0.171 e. The number of imidazole rings is 1. The average molecular weight is 232 g/mol. The van der Waals surface area contributed by atoms with Gasteiger partial charge in [-0.15, -0.1) is 0 Å². The van der Waals surface area contributed by atoms with E-state index in [9.17, 15) is 9.90 Å². The minimum absolute atomic E-state index is 0.147. The zero-order chi connectivity index (χ0) is 12.6. The summed E-state index contributed by atoms with van der Waals surface area (Å²) < 4.78 is 1.89. The van der Waals surface area contributed by atoms with Gasteiger partial charge in [0.2, 0.25) is 0 Å². The van der Waals surface area contributed by atoms with Gasteiger partial charge in [-0.3, -0.25) is 4.79 Å². The highest BCUT2D eigenvalue weighted by atomic mass is 16.3. The molecule has 0 saturated carbocycles. The van der Waals surface area contributed by atoms with Crippen molar-refractivity contribution in [1.29, 1.82) is 0 Å². The summed E-state index contributed by atoms with van der Waals surface area (Å²) >= 11 is 0. The molecule has 0 spiro atoms. The summed E-state index contributed by atoms with van der Waals surface area (Å²) in [5.41, 5.74) is 0.553. The van der Waals surface area contributed by atoms with Crippen LogP contribution in [0.25, 0.3) is 11.0 Å². The summed E-state index contributed by atoms with van der Waals surface area (Å²) in [5, 5.41) is 9.63. The van der Waals surface area contributed by atoms with Crippen LogP contribution in [0.2, 0.25) is 0 Å². The maximum atomic E-state index is 11.8. The molecule has 2 rings (SSSR count). The topological polar surface area (TPSA) is 55.1 Å². The number of aliphatic hydroxyl groups is 1. The van der Waals surface area contributed by atoms with Gasteiger partial charge in [-0.2, -0.15) is 0 Å². The Bertz CT molecular complexity index is 564. The summed E-state index contributed by atoms with van der Waals surface area (Å²) in [4.78, 5) is 16.2. The van der Waals surface area contributed by atoms with Crippen molar-refractivity contribution in [3.8, 4) is 0 Å². The van der Waals surface area contributed by atoms with Gasteiger partial charge >= 0.3 is 0 Å². The Morgan fingerprint density at radius 2 is 2.06 bits per heavy atom. The van der Waals surface area contributed by atoms with Crippen LogP contribution in [-0.2, 0) is 18.3 Å². The van der Waals surface area contributed by atoms with Crippen molar-refractivity contribution in [2.75, 3.05) is 0 Å². The molecule has 17 heavy (non-hydrogen) atoms. The number of nitrogens with zero attached hydrogens (tertiary/aromatic N) is 2. The fourth-order valence-corrected chi connectivity index (χ4v) is 1.71. The Labute approximate surface area is 99.9 Å². The molecule has 0 atom stereocenters. The van der Waals surface area contributed by atoms with E-state index < -0.39 is 5.60 Å². The largest absolute Gasteiger partial charge is 0.383 e. The van der Waals surface area contributed by atoms with Crippen LogP contribution in [0.3, 0.4) is 0 Å². The highest BCUT2D eigenvalue weighted by Crippen LogP contribution is 2.16. The molecule has 1 aromatic heterocycles. The summed E-state index contributed by atoms with van der Waals surface area (Å²) in [6.07, 6.45) is 0.147. The second-order valence-corrected chi connectivity index (χ2v) is 4.73. The first kappa shape index (κ1) is 11.8. The van der Waals surface area contributed by atoms with Crippen molar-refractivity contribution in [3.05, 3.63) is 30.1 Å². The third-order valence-corrected chi connectivity index (χ3v) is 2.88. The highest BCUT2D eigenvalue weighted by molar-refractivity contribution is 5.88. The number of rotatable bonds is 3. The molecule has 2 aromatic rings. The predicted octanol–water partition coefficient (Wildman–Crippen LogP) is 1.46. The van der Waals surface area contributed by atoms with Gasteiger partial charge in [-0.05, 0) is 26.0 Å². The van der Waals surface area contributed by atoms with Crippen LogP contribution < -0.4 is 0 Å². The quantitative estimate of drug-likeness (QED) is 0.871. The number of aromatic nitrogens is 2. The van der Waals surface area contributed by atoms with E-state index in [1.165, 1.54) is 13.8 Å². The lowest BCUT2D eigenvalue weighted by atomic mass is 10.0. The minimum atomic E-state index is -1.31. The summed E-state index contributed by atoms with van der Waals surface area (Å²) in [5.74, 6) is 0.453. The summed E-state index contributed by atoms with van der Waals surface area (Å²) in [6.45, 7) is 3.00. The molecule has 0 unspecified atom stereocenters. The molecule has 4 nitrogen and oxygen atoms in total. The zero-order valence-electron chi connectivity index (χ0n) is 10.3. The Kier molecular flexibility index (Phi) is 2.75. The van der Waals surface area contributed by atoms with Gasteiger partial charge in [0, 0.05) is 7.05 Å². The molecule has 0 saturated heterocycles. The molecule has 0 amide bonds. The van der Waals surface area contributed by atoms with E-state index in [1.807, 2.05) is 35.9 Å². The van der Waals surface area contributed by atoms with E-state index in [2.05, 4.69) is 4.98 Å². The zero-order valence-corrected chi connectivity index (χ0v) is 10.3. The average Bonchev–Trinajstić information content (AvgIpc) is 2.55. The lowest BCUT2D eigenvalue weighted by Crippen LogP contribution is -2.33. The van der Waals surface area contributed by atoms with Gasteiger partial charge in [-0.1, -0.05) is 12.1 Å². The number of aryl methyl sites for hydroxylation is 1. The minimum Gasteiger partial charge on any atom is -0.383 e. The predicted molar refractivity (Wildman–Crippen MR) is 65.7 cm³/mol. The SMILES string of the molecule is Cn1c(CC(=O)C(C)(C)O)nc2ccccc21. The van der Waals surface area contributed by atoms with Crippen LogP contribution in [0.4, 0.5) is 0 Å². The van der Waals surface area contributed by atoms with Crippen molar-refractivity contribution in [1.82, 2.24) is 9.55 Å². The van der Waals surface area contributed by atoms with E-state index >= 15 is 0 Å². The molecule has 1 N–H and O–H groups in total. The molecule has 0 aliphatic carbocycles. The Morgan fingerprint density at radius 3 is 2.65 bits per heavy atom. The first-order valence-electron chi connectivity index (χ1n) is 5.55. The number of fused-ring (bicyclic) bond motifs is 1. The van der Waals surface area contributed by atoms with Crippen molar-refractivity contribution in [2.24, 2.45) is 7.05 Å². The number of hydrogen-bond donors (Lipinski definition) is 1. The van der Waals surface area contributed by atoms with Gasteiger partial charge in [0.05, 0.1) is 17.5 Å². The van der Waals surface area contributed by atoms with Crippen LogP contribution >= 0.6 is 0 Å². The van der Waals surface area contributed by atoms with Crippen LogP contribution in [-0.4, -0.2) is 26.0 Å². The van der Waals surface area contributed by atoms with E-state index in [1.54, 1.807) is 0 Å². The molecular formula is C13H16N2O2. The van der Waals surface area contributed by atoms with Crippen molar-refractivity contribution in [3.63, 3.8) is 0 Å². The molecule has 4 heteroatoms. The van der Waals surface area contributed by atoms with Crippen LogP contribution in [0.15, 0.2) is 24.3 Å². The molecule has 0 aliphatic rings. The molecule has 0 fully saturated rings. The van der Waals surface area contributed by atoms with E-state index in [-0.39, 0.29) is 12.2 Å². The van der Waals surface area contributed by atoms with Crippen LogP contribution in [0, 0.1) is 0 Å². The molecule has 90 valence electrons. The Balaban J connectivity index is 2.37. The number of hydrogen-bond acceptors (Lipinski definition) is 3. The summed E-state index contributed by atoms with van der Waals surface area (Å²) in [6, 6.07) is 7.72. The first-order chi connectivity index (χ1) is 7.89. The Hall–Kier alpha value is -1.68. The standard InChI is InChI=1S/C13H16N2O2/c1-13(2,17)11(16)8-12-14-9-6-4-5-7-10(9)15(12)3/h4-7,17H,8H2,1-3H3. The molecule has 0 aliphatic heterocycles. The number of carbonyl (C=O) groups is 1.